The fourth-order valence-electron chi connectivity index (χ4n) is 0.0386. The van der Waals surface area contributed by atoms with E-state index in [9.17, 15) is 0 Å². The number of nitrogens with one attached hydrogen (secondary N) is 1. The predicted molar refractivity (Wildman–Crippen MR) is 27.2 cm³/mol. The van der Waals surface area contributed by atoms with Crippen molar-refractivity contribution in [2.24, 2.45) is 5.84 Å². The van der Waals surface area contributed by atoms with Crippen LogP contribution in [0, 0.1) is 0 Å². The smallest absolute Gasteiger partial charge is 0.0629 e. The van der Waals surface area contributed by atoms with Crippen LogP contribution in [0.15, 0.2) is 12.3 Å². The zero-order chi connectivity index (χ0) is 4.99. The monoisotopic (exact) mass is 106 g/mol. The van der Waals surface area contributed by atoms with Crippen LogP contribution >= 0.6 is 11.6 Å². The second kappa shape index (κ2) is 3.00. The number of hydrogen-bond donors (Lipinski definition) is 2. The highest BCUT2D eigenvalue weighted by Gasteiger charge is 1.77. The van der Waals surface area contributed by atoms with Crippen molar-refractivity contribution < 1.29 is 0 Å². The third kappa shape index (κ3) is 2.05. The summed E-state index contributed by atoms with van der Waals surface area (Å²) < 4.78 is 0. The fraction of sp³-hybridized carbons (Fsp3) is 0.333. The van der Waals surface area contributed by atoms with Gasteiger partial charge in [0.2, 0.25) is 0 Å². The first-order valence-corrected chi connectivity index (χ1v) is 2.05. The van der Waals surface area contributed by atoms with Crippen LogP contribution in [0.4, 0.5) is 0 Å². The largest absolute Gasteiger partial charge is 0.328 e. The Morgan fingerprint density at radius 1 is 2.00 bits per heavy atom. The minimum Gasteiger partial charge on any atom is -0.328 e. The number of hydrazine groups is 1. The Balaban J connectivity index is 2.99. The molecule has 0 atom stereocenters. The Hall–Kier alpha value is -0.210. The van der Waals surface area contributed by atoms with Crippen molar-refractivity contribution in [3.05, 3.63) is 12.3 Å². The molecular formula is C3H7ClN2. The molecule has 0 heterocycles. The van der Waals surface area contributed by atoms with E-state index in [4.69, 9.17) is 17.4 Å². The van der Waals surface area contributed by atoms with Crippen molar-refractivity contribution in [2.75, 3.05) is 5.88 Å². The Morgan fingerprint density at radius 3 is 2.50 bits per heavy atom. The molecular weight excluding hydrogens is 99.5 g/mol. The summed E-state index contributed by atoms with van der Waals surface area (Å²) in [7, 11) is 0. The minimum atomic E-state index is 0.372. The van der Waals surface area contributed by atoms with Gasteiger partial charge in [-0.15, -0.1) is 11.6 Å². The highest BCUT2D eigenvalue weighted by molar-refractivity contribution is 6.19. The van der Waals surface area contributed by atoms with E-state index in [-0.39, 0.29) is 0 Å². The molecule has 0 saturated carbocycles. The number of rotatable bonds is 2. The third-order valence-electron chi connectivity index (χ3n) is 0.365. The number of alkyl halides is 1. The molecule has 0 saturated heterocycles. The summed E-state index contributed by atoms with van der Waals surface area (Å²) >= 11 is 5.21. The van der Waals surface area contributed by atoms with Gasteiger partial charge in [0.1, 0.15) is 0 Å². The number of hydrogen-bond acceptors (Lipinski definition) is 2. The van der Waals surface area contributed by atoms with E-state index in [0.717, 1.165) is 0 Å². The molecule has 0 aliphatic carbocycles. The van der Waals surface area contributed by atoms with Crippen molar-refractivity contribution in [1.82, 2.24) is 5.43 Å². The molecule has 0 rings (SSSR count). The lowest BCUT2D eigenvalue weighted by Gasteiger charge is -1.93. The van der Waals surface area contributed by atoms with Crippen molar-refractivity contribution in [3.63, 3.8) is 0 Å². The van der Waals surface area contributed by atoms with Crippen LogP contribution in [0.2, 0.25) is 0 Å². The lowest BCUT2D eigenvalue weighted by molar-refractivity contribution is 0.895. The summed E-state index contributed by atoms with van der Waals surface area (Å²) in [5.41, 5.74) is 2.92. The lowest BCUT2D eigenvalue weighted by atomic mass is 10.6. The highest BCUT2D eigenvalue weighted by Crippen LogP contribution is 1.81. The lowest BCUT2D eigenvalue weighted by Crippen LogP contribution is -2.20. The molecule has 3 N–H and O–H groups in total. The van der Waals surface area contributed by atoms with E-state index < -0.39 is 0 Å². The van der Waals surface area contributed by atoms with Gasteiger partial charge in [-0.25, -0.2) is 0 Å². The predicted octanol–water partition coefficient (Wildman–Crippen LogP) is 0.202. The maximum absolute atomic E-state index is 5.21. The molecule has 0 amide bonds. The van der Waals surface area contributed by atoms with Gasteiger partial charge in [-0.2, -0.15) is 0 Å². The van der Waals surface area contributed by atoms with E-state index >= 15 is 0 Å². The standard InChI is InChI=1S/C3H7ClN2/c1-3(2-4)6-5/h6H,1-2,5H2. The van der Waals surface area contributed by atoms with Crippen LogP contribution in [0.3, 0.4) is 0 Å². The van der Waals surface area contributed by atoms with Crippen LogP contribution in [-0.4, -0.2) is 5.88 Å². The van der Waals surface area contributed by atoms with Gasteiger partial charge in [0, 0.05) is 5.70 Å². The maximum Gasteiger partial charge on any atom is 0.0629 e. The minimum absolute atomic E-state index is 0.372. The van der Waals surface area contributed by atoms with E-state index in [1.807, 2.05) is 0 Å². The Labute approximate surface area is 41.9 Å². The van der Waals surface area contributed by atoms with Crippen molar-refractivity contribution in [3.8, 4) is 0 Å². The SMILES string of the molecule is C=C(CCl)NN. The molecule has 0 bridgehead atoms. The third-order valence-corrected chi connectivity index (χ3v) is 0.688. The average Bonchev–Trinajstić information content (AvgIpc) is 1.65. The number of allylic oxidation sites excluding steroid dienone is 1. The zero-order valence-corrected chi connectivity index (χ0v) is 4.13. The second-order valence-corrected chi connectivity index (χ2v) is 1.15. The first-order valence-electron chi connectivity index (χ1n) is 1.51. The quantitative estimate of drug-likeness (QED) is 0.300. The number of nitrogens with two attached hydrogens (primary N) is 1. The van der Waals surface area contributed by atoms with Crippen molar-refractivity contribution in [1.29, 1.82) is 0 Å². The summed E-state index contributed by atoms with van der Waals surface area (Å²) in [5.74, 6) is 5.22. The van der Waals surface area contributed by atoms with Gasteiger partial charge < -0.3 is 5.43 Å². The Kier molecular flexibility index (Phi) is 2.89. The molecule has 0 spiro atoms. The summed E-state index contributed by atoms with van der Waals surface area (Å²) in [6.45, 7) is 3.42. The molecule has 2 nitrogen and oxygen atoms in total. The molecule has 0 aromatic rings. The van der Waals surface area contributed by atoms with Crippen LogP contribution in [0.25, 0.3) is 0 Å². The maximum atomic E-state index is 5.21. The summed E-state index contributed by atoms with van der Waals surface area (Å²) in [6.07, 6.45) is 0. The van der Waals surface area contributed by atoms with Crippen LogP contribution in [0.5, 0.6) is 0 Å². The van der Waals surface area contributed by atoms with Crippen molar-refractivity contribution >= 4 is 11.6 Å². The fourth-order valence-corrected chi connectivity index (χ4v) is 0.116. The van der Waals surface area contributed by atoms with Crippen LogP contribution in [0.1, 0.15) is 0 Å². The van der Waals surface area contributed by atoms with E-state index in [1.165, 1.54) is 0 Å². The highest BCUT2D eigenvalue weighted by atomic mass is 35.5. The number of halogens is 1. The molecule has 0 aliphatic heterocycles. The normalized spacial score (nSPS) is 7.67. The molecule has 0 fully saturated rings. The molecule has 0 aromatic heterocycles. The van der Waals surface area contributed by atoms with Gasteiger partial charge in [-0.1, -0.05) is 6.58 Å². The molecule has 6 heavy (non-hydrogen) atoms. The summed E-state index contributed by atoms with van der Waals surface area (Å²) in [5, 5.41) is 0. The van der Waals surface area contributed by atoms with Gasteiger partial charge in [-0.05, 0) is 0 Å². The molecule has 3 heteroatoms. The first kappa shape index (κ1) is 5.79. The van der Waals surface area contributed by atoms with Crippen LogP contribution in [-0.2, 0) is 0 Å². The Bertz CT molecular complexity index is 46.8. The van der Waals surface area contributed by atoms with Crippen molar-refractivity contribution in [2.45, 2.75) is 0 Å². The molecule has 0 unspecified atom stereocenters. The van der Waals surface area contributed by atoms with Gasteiger partial charge in [0.25, 0.3) is 0 Å². The summed E-state index contributed by atoms with van der Waals surface area (Å²) in [4.78, 5) is 0. The zero-order valence-electron chi connectivity index (χ0n) is 3.37. The molecule has 0 radical (unpaired) electrons. The van der Waals surface area contributed by atoms with E-state index in [2.05, 4.69) is 12.0 Å². The second-order valence-electron chi connectivity index (χ2n) is 0.882. The molecule has 0 aliphatic rings. The van der Waals surface area contributed by atoms with Crippen LogP contribution < -0.4 is 11.3 Å². The van der Waals surface area contributed by atoms with E-state index in [0.29, 0.717) is 11.6 Å². The molecule has 0 aromatic carbocycles. The first-order chi connectivity index (χ1) is 2.81. The van der Waals surface area contributed by atoms with E-state index in [1.54, 1.807) is 0 Å². The molecule has 36 valence electrons. The average molecular weight is 107 g/mol. The van der Waals surface area contributed by atoms with Gasteiger partial charge in [-0.3, -0.25) is 5.84 Å². The Morgan fingerprint density at radius 2 is 2.50 bits per heavy atom. The topological polar surface area (TPSA) is 38.0 Å². The van der Waals surface area contributed by atoms with Gasteiger partial charge >= 0.3 is 0 Å². The summed E-state index contributed by atoms with van der Waals surface area (Å²) in [6, 6.07) is 0. The van der Waals surface area contributed by atoms with Gasteiger partial charge in [0.05, 0.1) is 5.88 Å². The van der Waals surface area contributed by atoms with Gasteiger partial charge in [0.15, 0.2) is 0 Å².